The Bertz CT molecular complexity index is 784. The van der Waals surface area contributed by atoms with Crippen LogP contribution in [-0.2, 0) is 6.54 Å². The zero-order chi connectivity index (χ0) is 19.4. The van der Waals surface area contributed by atoms with E-state index in [1.54, 1.807) is 7.11 Å². The Morgan fingerprint density at radius 2 is 2.19 bits per heavy atom. The van der Waals surface area contributed by atoms with Gasteiger partial charge in [0.1, 0.15) is 11.6 Å². The lowest BCUT2D eigenvalue weighted by Crippen LogP contribution is -2.40. The van der Waals surface area contributed by atoms with E-state index in [0.717, 1.165) is 55.2 Å². The van der Waals surface area contributed by atoms with E-state index in [1.807, 2.05) is 42.4 Å². The van der Waals surface area contributed by atoms with Crippen molar-refractivity contribution in [3.8, 4) is 5.75 Å². The predicted molar refractivity (Wildman–Crippen MR) is 106 cm³/mol. The molecule has 0 aliphatic carbocycles. The summed E-state index contributed by atoms with van der Waals surface area (Å²) in [7, 11) is 5.79. The number of carbonyl (C=O) groups is 1. The number of methoxy groups -OCH3 is 1. The average molecular weight is 370 g/mol. The molecule has 0 radical (unpaired) electrons. The van der Waals surface area contributed by atoms with E-state index in [2.05, 4.69) is 28.5 Å². The van der Waals surface area contributed by atoms with Crippen LogP contribution in [0.5, 0.6) is 5.75 Å². The molecule has 1 fully saturated rings. The van der Waals surface area contributed by atoms with E-state index in [4.69, 9.17) is 4.74 Å². The van der Waals surface area contributed by atoms with Gasteiger partial charge >= 0.3 is 0 Å². The first kappa shape index (κ1) is 19.4. The predicted octanol–water partition coefficient (Wildman–Crippen LogP) is 2.78. The lowest BCUT2D eigenvalue weighted by molar-refractivity contribution is 0.0702. The van der Waals surface area contributed by atoms with Crippen molar-refractivity contribution < 1.29 is 9.53 Å². The minimum Gasteiger partial charge on any atom is -0.496 e. The number of benzene rings is 1. The Kier molecular flexibility index (Phi) is 6.16. The molecule has 1 aromatic heterocycles. The highest BCUT2D eigenvalue weighted by molar-refractivity contribution is 5.96. The number of piperidine rings is 1. The van der Waals surface area contributed by atoms with Crippen LogP contribution in [0.25, 0.3) is 0 Å². The van der Waals surface area contributed by atoms with Crippen LogP contribution in [0.3, 0.4) is 0 Å². The summed E-state index contributed by atoms with van der Waals surface area (Å²) < 4.78 is 7.61. The Morgan fingerprint density at radius 1 is 1.37 bits per heavy atom. The molecule has 0 bridgehead atoms. The molecule has 0 saturated carbocycles. The lowest BCUT2D eigenvalue weighted by Gasteiger charge is -2.33. The minimum absolute atomic E-state index is 0.0856. The van der Waals surface area contributed by atoms with Crippen LogP contribution in [0, 0.1) is 6.92 Å². The lowest BCUT2D eigenvalue weighted by atomic mass is 9.95. The number of aromatic nitrogens is 2. The molecule has 0 unspecified atom stereocenters. The van der Waals surface area contributed by atoms with Crippen molar-refractivity contribution in [3.05, 3.63) is 47.5 Å². The number of imidazole rings is 1. The standard InChI is InChI=1S/C21H30N4O2/c1-16-18(8-5-9-19(16)27-4)21(26)25-11-6-7-17(15-25)20-22-10-12-24(20)14-13-23(2)3/h5,8-10,12,17H,6-7,11,13-15H2,1-4H3/t17-/m0/s1. The Labute approximate surface area is 161 Å². The first-order chi connectivity index (χ1) is 13.0. The highest BCUT2D eigenvalue weighted by Gasteiger charge is 2.29. The van der Waals surface area contributed by atoms with Crippen molar-refractivity contribution in [2.24, 2.45) is 0 Å². The number of ether oxygens (including phenoxy) is 1. The van der Waals surface area contributed by atoms with Crippen molar-refractivity contribution in [2.75, 3.05) is 40.8 Å². The van der Waals surface area contributed by atoms with E-state index >= 15 is 0 Å². The quantitative estimate of drug-likeness (QED) is 0.785. The Hall–Kier alpha value is -2.34. The fourth-order valence-electron chi connectivity index (χ4n) is 3.79. The summed E-state index contributed by atoms with van der Waals surface area (Å²) in [4.78, 5) is 21.9. The average Bonchev–Trinajstić information content (AvgIpc) is 3.15. The van der Waals surface area contributed by atoms with Crippen LogP contribution in [0.4, 0.5) is 0 Å². The molecule has 6 heteroatoms. The van der Waals surface area contributed by atoms with E-state index in [9.17, 15) is 4.79 Å². The van der Waals surface area contributed by atoms with Gasteiger partial charge in [0.2, 0.25) is 0 Å². The molecule has 0 N–H and O–H groups in total. The van der Waals surface area contributed by atoms with Crippen molar-refractivity contribution >= 4 is 5.91 Å². The smallest absolute Gasteiger partial charge is 0.254 e. The number of likely N-dealkylation sites (N-methyl/N-ethyl adjacent to an activating group) is 1. The van der Waals surface area contributed by atoms with Gasteiger partial charge in [-0.2, -0.15) is 0 Å². The molecule has 1 aliphatic heterocycles. The number of hydrogen-bond donors (Lipinski definition) is 0. The number of hydrogen-bond acceptors (Lipinski definition) is 4. The number of likely N-dealkylation sites (tertiary alicyclic amines) is 1. The second-order valence-electron chi connectivity index (χ2n) is 7.51. The summed E-state index contributed by atoms with van der Waals surface area (Å²) in [6.45, 7) is 5.35. The monoisotopic (exact) mass is 370 g/mol. The van der Waals surface area contributed by atoms with Gasteiger partial charge in [0.15, 0.2) is 0 Å². The van der Waals surface area contributed by atoms with Crippen molar-refractivity contribution in [1.29, 1.82) is 0 Å². The maximum absolute atomic E-state index is 13.1. The molecule has 3 rings (SSSR count). The molecular formula is C21H30N4O2. The van der Waals surface area contributed by atoms with E-state index < -0.39 is 0 Å². The number of carbonyl (C=O) groups excluding carboxylic acids is 1. The summed E-state index contributed by atoms with van der Waals surface area (Å²) in [5, 5.41) is 0. The maximum Gasteiger partial charge on any atom is 0.254 e. The van der Waals surface area contributed by atoms with Crippen molar-refractivity contribution in [2.45, 2.75) is 32.2 Å². The number of nitrogens with zero attached hydrogens (tertiary/aromatic N) is 4. The first-order valence-corrected chi connectivity index (χ1v) is 9.60. The first-order valence-electron chi connectivity index (χ1n) is 9.60. The third-order valence-corrected chi connectivity index (χ3v) is 5.34. The van der Waals surface area contributed by atoms with Crippen LogP contribution >= 0.6 is 0 Å². The van der Waals surface area contributed by atoms with Gasteiger partial charge in [0, 0.05) is 55.6 Å². The summed E-state index contributed by atoms with van der Waals surface area (Å²) >= 11 is 0. The molecule has 146 valence electrons. The molecule has 1 amide bonds. The van der Waals surface area contributed by atoms with Crippen LogP contribution < -0.4 is 4.74 Å². The van der Waals surface area contributed by atoms with Gasteiger partial charge in [-0.05, 0) is 46.0 Å². The summed E-state index contributed by atoms with van der Waals surface area (Å²) in [6, 6.07) is 5.67. The van der Waals surface area contributed by atoms with Crippen molar-refractivity contribution in [1.82, 2.24) is 19.4 Å². The fraction of sp³-hybridized carbons (Fsp3) is 0.524. The van der Waals surface area contributed by atoms with Gasteiger partial charge in [-0.1, -0.05) is 6.07 Å². The van der Waals surface area contributed by atoms with E-state index in [0.29, 0.717) is 6.54 Å². The van der Waals surface area contributed by atoms with Gasteiger partial charge in [-0.3, -0.25) is 4.79 Å². The summed E-state index contributed by atoms with van der Waals surface area (Å²) in [5.74, 6) is 2.22. The van der Waals surface area contributed by atoms with Gasteiger partial charge in [0.05, 0.1) is 7.11 Å². The molecule has 2 heterocycles. The number of amides is 1. The van der Waals surface area contributed by atoms with Gasteiger partial charge < -0.3 is 19.1 Å². The third-order valence-electron chi connectivity index (χ3n) is 5.34. The fourth-order valence-corrected chi connectivity index (χ4v) is 3.79. The summed E-state index contributed by atoms with van der Waals surface area (Å²) in [6.07, 6.45) is 5.99. The minimum atomic E-state index is 0.0856. The molecule has 0 spiro atoms. The topological polar surface area (TPSA) is 50.6 Å². The molecule has 27 heavy (non-hydrogen) atoms. The molecular weight excluding hydrogens is 340 g/mol. The highest BCUT2D eigenvalue weighted by atomic mass is 16.5. The van der Waals surface area contributed by atoms with Gasteiger partial charge in [0.25, 0.3) is 5.91 Å². The van der Waals surface area contributed by atoms with Crippen LogP contribution in [0.15, 0.2) is 30.6 Å². The maximum atomic E-state index is 13.1. The van der Waals surface area contributed by atoms with E-state index in [-0.39, 0.29) is 11.8 Å². The largest absolute Gasteiger partial charge is 0.496 e. The zero-order valence-electron chi connectivity index (χ0n) is 16.8. The molecule has 6 nitrogen and oxygen atoms in total. The SMILES string of the molecule is COc1cccc(C(=O)N2CCC[C@H](c3nccn3CCN(C)C)C2)c1C. The van der Waals surface area contributed by atoms with Gasteiger partial charge in [-0.25, -0.2) is 4.98 Å². The Morgan fingerprint density at radius 3 is 2.93 bits per heavy atom. The molecule has 1 saturated heterocycles. The van der Waals surface area contributed by atoms with E-state index in [1.165, 1.54) is 0 Å². The van der Waals surface area contributed by atoms with Crippen molar-refractivity contribution in [3.63, 3.8) is 0 Å². The van der Waals surface area contributed by atoms with Gasteiger partial charge in [-0.15, -0.1) is 0 Å². The van der Waals surface area contributed by atoms with Crippen LogP contribution in [0.1, 0.15) is 40.5 Å². The van der Waals surface area contributed by atoms with Crippen LogP contribution in [0.2, 0.25) is 0 Å². The zero-order valence-corrected chi connectivity index (χ0v) is 16.8. The third kappa shape index (κ3) is 4.33. The second-order valence-corrected chi connectivity index (χ2v) is 7.51. The molecule has 1 aromatic carbocycles. The highest BCUT2D eigenvalue weighted by Crippen LogP contribution is 2.28. The second kappa shape index (κ2) is 8.57. The molecule has 1 atom stereocenters. The Balaban J connectivity index is 1.75. The summed E-state index contributed by atoms with van der Waals surface area (Å²) in [5.41, 5.74) is 1.63. The number of rotatable bonds is 6. The molecule has 1 aliphatic rings. The molecule has 2 aromatic rings. The normalized spacial score (nSPS) is 17.4. The van der Waals surface area contributed by atoms with Crippen LogP contribution in [-0.4, -0.2) is 66.1 Å².